The fraction of sp³-hybridized carbons (Fsp3) is 0.450. The predicted molar refractivity (Wildman–Crippen MR) is 96.5 cm³/mol. The Hall–Kier alpha value is -1.54. The van der Waals surface area contributed by atoms with E-state index < -0.39 is 0 Å². The third kappa shape index (κ3) is 4.48. The van der Waals surface area contributed by atoms with Crippen LogP contribution in [-0.4, -0.2) is 5.91 Å². The number of amides is 1. The van der Waals surface area contributed by atoms with Crippen LogP contribution in [0.25, 0.3) is 0 Å². The van der Waals surface area contributed by atoms with Gasteiger partial charge in [0.15, 0.2) is 0 Å². The maximum Gasteiger partial charge on any atom is 0.228 e. The van der Waals surface area contributed by atoms with Crippen LogP contribution in [0.3, 0.4) is 0 Å². The van der Waals surface area contributed by atoms with Gasteiger partial charge in [0.1, 0.15) is 0 Å². The topological polar surface area (TPSA) is 29.1 Å². The molecule has 3 heteroatoms. The molecular formula is C20H24ClNO. The minimum absolute atomic E-state index is 0.157. The largest absolute Gasteiger partial charge is 0.326 e. The Morgan fingerprint density at radius 3 is 2.17 bits per heavy atom. The van der Waals surface area contributed by atoms with Gasteiger partial charge < -0.3 is 5.32 Å². The summed E-state index contributed by atoms with van der Waals surface area (Å²) in [6, 6.07) is 7.38. The molecule has 0 aromatic heterocycles. The van der Waals surface area contributed by atoms with Crippen molar-refractivity contribution in [3.05, 3.63) is 53.6 Å². The number of anilines is 1. The van der Waals surface area contributed by atoms with E-state index in [2.05, 4.69) is 29.6 Å². The average molecular weight is 330 g/mol. The number of halogens is 1. The minimum atomic E-state index is 0.157. The number of carbonyl (C=O) groups excluding carboxylic acids is 1. The zero-order chi connectivity index (χ0) is 16.1. The Morgan fingerprint density at radius 1 is 0.957 bits per heavy atom. The van der Waals surface area contributed by atoms with E-state index in [1.807, 2.05) is 18.2 Å². The molecule has 0 heterocycles. The summed E-state index contributed by atoms with van der Waals surface area (Å²) in [6.07, 6.45) is 15.8. The highest BCUT2D eigenvalue weighted by atomic mass is 35.5. The third-order valence-electron chi connectivity index (χ3n) is 4.89. The van der Waals surface area contributed by atoms with Gasteiger partial charge in [0.2, 0.25) is 5.91 Å². The van der Waals surface area contributed by atoms with Crippen LogP contribution in [0.5, 0.6) is 0 Å². The van der Waals surface area contributed by atoms with Gasteiger partial charge in [-0.25, -0.2) is 0 Å². The molecule has 23 heavy (non-hydrogen) atoms. The number of hydrogen-bond acceptors (Lipinski definition) is 1. The highest BCUT2D eigenvalue weighted by Gasteiger charge is 2.52. The molecule has 1 aromatic rings. The molecule has 0 aliphatic heterocycles. The number of nitrogens with one attached hydrogen (secondary N) is 1. The van der Waals surface area contributed by atoms with Gasteiger partial charge in [0, 0.05) is 16.6 Å². The summed E-state index contributed by atoms with van der Waals surface area (Å²) in [5.41, 5.74) is 0.796. The molecule has 2 nitrogen and oxygen atoms in total. The number of carbonyl (C=O) groups is 1. The Bertz CT molecular complexity index is 583. The molecule has 0 spiro atoms. The Balaban J connectivity index is 1.61. The van der Waals surface area contributed by atoms with Crippen molar-refractivity contribution in [2.24, 2.45) is 17.8 Å². The fourth-order valence-corrected chi connectivity index (χ4v) is 3.84. The van der Waals surface area contributed by atoms with Gasteiger partial charge >= 0.3 is 0 Å². The lowest BCUT2D eigenvalue weighted by Gasteiger charge is -2.05. The van der Waals surface area contributed by atoms with Crippen molar-refractivity contribution in [2.45, 2.75) is 38.5 Å². The second-order valence-corrected chi connectivity index (χ2v) is 6.96. The van der Waals surface area contributed by atoms with Crippen molar-refractivity contribution < 1.29 is 4.79 Å². The van der Waals surface area contributed by atoms with Crippen LogP contribution >= 0.6 is 11.6 Å². The molecule has 1 N–H and O–H groups in total. The van der Waals surface area contributed by atoms with Crippen molar-refractivity contribution >= 4 is 23.2 Å². The van der Waals surface area contributed by atoms with E-state index in [1.165, 1.54) is 0 Å². The first-order chi connectivity index (χ1) is 11.3. The Labute approximate surface area is 143 Å². The first kappa shape index (κ1) is 16.3. The van der Waals surface area contributed by atoms with Crippen LogP contribution in [0.15, 0.2) is 48.6 Å². The van der Waals surface area contributed by atoms with E-state index in [0.29, 0.717) is 16.9 Å². The summed E-state index contributed by atoms with van der Waals surface area (Å²) in [7, 11) is 0. The van der Waals surface area contributed by atoms with Gasteiger partial charge in [0.05, 0.1) is 0 Å². The lowest BCUT2D eigenvalue weighted by molar-refractivity contribution is -0.117. The second kappa shape index (κ2) is 7.83. The van der Waals surface area contributed by atoms with Crippen LogP contribution < -0.4 is 5.32 Å². The van der Waals surface area contributed by atoms with Gasteiger partial charge in [-0.3, -0.25) is 4.79 Å². The normalized spacial score (nSPS) is 30.2. The third-order valence-corrected chi connectivity index (χ3v) is 5.13. The second-order valence-electron chi connectivity index (χ2n) is 6.53. The van der Waals surface area contributed by atoms with Crippen LogP contribution in [0.1, 0.15) is 38.5 Å². The molecule has 1 fully saturated rings. The van der Waals surface area contributed by atoms with Crippen LogP contribution in [-0.2, 0) is 4.79 Å². The molecule has 2 aliphatic carbocycles. The Kier molecular flexibility index (Phi) is 5.56. The van der Waals surface area contributed by atoms with Gasteiger partial charge in [-0.05, 0) is 68.6 Å². The standard InChI is InChI=1S/C20H24ClNO/c21-15-10-9-11-16(14-15)22-20(23)19-17-12-7-5-3-1-2-4-6-8-13-18(17)19/h3-6,9-11,14,17-19H,1-2,7-8,12-13H2,(H,22,23)/b5-3-,6-4-/t17-,18-/m0/s1. The fourth-order valence-electron chi connectivity index (χ4n) is 3.65. The zero-order valence-corrected chi connectivity index (χ0v) is 14.1. The molecule has 0 saturated heterocycles. The number of rotatable bonds is 2. The molecule has 3 rings (SSSR count). The first-order valence-corrected chi connectivity index (χ1v) is 9.00. The molecule has 122 valence electrons. The van der Waals surface area contributed by atoms with E-state index in [1.54, 1.807) is 6.07 Å². The van der Waals surface area contributed by atoms with Crippen molar-refractivity contribution in [2.75, 3.05) is 5.32 Å². The zero-order valence-electron chi connectivity index (χ0n) is 13.4. The Morgan fingerprint density at radius 2 is 1.57 bits per heavy atom. The summed E-state index contributed by atoms with van der Waals surface area (Å²) in [4.78, 5) is 12.6. The van der Waals surface area contributed by atoms with E-state index >= 15 is 0 Å². The summed E-state index contributed by atoms with van der Waals surface area (Å²) in [5.74, 6) is 1.39. The molecule has 1 saturated carbocycles. The van der Waals surface area contributed by atoms with E-state index in [4.69, 9.17) is 11.6 Å². The maximum atomic E-state index is 12.6. The minimum Gasteiger partial charge on any atom is -0.326 e. The molecule has 0 unspecified atom stereocenters. The lowest BCUT2D eigenvalue weighted by Crippen LogP contribution is -2.15. The van der Waals surface area contributed by atoms with Crippen molar-refractivity contribution in [1.82, 2.24) is 0 Å². The van der Waals surface area contributed by atoms with E-state index in [0.717, 1.165) is 44.2 Å². The quantitative estimate of drug-likeness (QED) is 0.702. The van der Waals surface area contributed by atoms with Crippen molar-refractivity contribution in [1.29, 1.82) is 0 Å². The van der Waals surface area contributed by atoms with Crippen molar-refractivity contribution in [3.63, 3.8) is 0 Å². The van der Waals surface area contributed by atoms with Crippen molar-refractivity contribution in [3.8, 4) is 0 Å². The molecule has 1 amide bonds. The highest BCUT2D eigenvalue weighted by Crippen LogP contribution is 2.52. The highest BCUT2D eigenvalue weighted by molar-refractivity contribution is 6.30. The van der Waals surface area contributed by atoms with E-state index in [9.17, 15) is 4.79 Å². The monoisotopic (exact) mass is 329 g/mol. The molecule has 1 aromatic carbocycles. The molecule has 2 atom stereocenters. The smallest absolute Gasteiger partial charge is 0.228 e. The summed E-state index contributed by atoms with van der Waals surface area (Å²) in [5, 5.41) is 3.69. The van der Waals surface area contributed by atoms with Gasteiger partial charge in [0.25, 0.3) is 0 Å². The summed E-state index contributed by atoms with van der Waals surface area (Å²) < 4.78 is 0. The number of allylic oxidation sites excluding steroid dienone is 4. The number of fused-ring (bicyclic) bond motifs is 1. The van der Waals surface area contributed by atoms with Crippen LogP contribution in [0.2, 0.25) is 5.02 Å². The number of hydrogen-bond donors (Lipinski definition) is 1. The average Bonchev–Trinajstić information content (AvgIpc) is 3.20. The van der Waals surface area contributed by atoms with Gasteiger partial charge in [-0.1, -0.05) is 42.0 Å². The maximum absolute atomic E-state index is 12.6. The summed E-state index contributed by atoms with van der Waals surface area (Å²) in [6.45, 7) is 0. The van der Waals surface area contributed by atoms with E-state index in [-0.39, 0.29) is 11.8 Å². The predicted octanol–water partition coefficient (Wildman–Crippen LogP) is 5.61. The number of benzene rings is 1. The van der Waals surface area contributed by atoms with Crippen LogP contribution in [0.4, 0.5) is 5.69 Å². The first-order valence-electron chi connectivity index (χ1n) is 8.62. The summed E-state index contributed by atoms with van der Waals surface area (Å²) >= 11 is 5.99. The van der Waals surface area contributed by atoms with Gasteiger partial charge in [-0.15, -0.1) is 0 Å². The molecule has 0 bridgehead atoms. The molecule has 2 aliphatic rings. The molecule has 0 radical (unpaired) electrons. The molecular weight excluding hydrogens is 306 g/mol. The van der Waals surface area contributed by atoms with Gasteiger partial charge in [-0.2, -0.15) is 0 Å². The van der Waals surface area contributed by atoms with Crippen LogP contribution in [0, 0.1) is 17.8 Å². The lowest BCUT2D eigenvalue weighted by atomic mass is 10.1. The SMILES string of the molecule is O=C(Nc1cccc(Cl)c1)C1[C@H]2CC/C=C\CC/C=C\CC[C@H]12.